The molecule has 1 heterocycles. The predicted molar refractivity (Wildman–Crippen MR) is 207 cm³/mol. The molecule has 1 fully saturated rings. The second-order valence-corrected chi connectivity index (χ2v) is 13.2. The summed E-state index contributed by atoms with van der Waals surface area (Å²) in [5, 5.41) is 0.0776. The maximum atomic E-state index is 13.9. The first-order valence-electron chi connectivity index (χ1n) is 17.4. The molecule has 1 aliphatic rings. The fourth-order valence-electron chi connectivity index (χ4n) is 5.60. The van der Waals surface area contributed by atoms with Gasteiger partial charge in [-0.3, -0.25) is 0 Å². The summed E-state index contributed by atoms with van der Waals surface area (Å²) in [6.07, 6.45) is -5.72. The number of hydrogen-bond donors (Lipinski definition) is 0. The number of aliphatic imine (C=N–C) groups is 1. The van der Waals surface area contributed by atoms with E-state index in [1.165, 1.54) is 7.11 Å². The molecule has 0 amide bonds. The summed E-state index contributed by atoms with van der Waals surface area (Å²) in [6, 6.07) is 39.6. The van der Waals surface area contributed by atoms with E-state index in [0.717, 1.165) is 11.8 Å². The van der Waals surface area contributed by atoms with E-state index in [0.29, 0.717) is 11.4 Å². The lowest BCUT2D eigenvalue weighted by Gasteiger charge is -2.44. The molecular weight excluding hydrogens is 739 g/mol. The van der Waals surface area contributed by atoms with Crippen LogP contribution in [-0.2, 0) is 28.4 Å². The molecule has 1 aliphatic heterocycles. The van der Waals surface area contributed by atoms with E-state index in [1.54, 1.807) is 153 Å². The number of benzene rings is 5. The zero-order chi connectivity index (χ0) is 39.3. The monoisotopic (exact) mass is 775 g/mol. The van der Waals surface area contributed by atoms with Gasteiger partial charge in [0.05, 0.1) is 42.2 Å². The van der Waals surface area contributed by atoms with Crippen molar-refractivity contribution in [3.05, 3.63) is 168 Å². The van der Waals surface area contributed by atoms with Crippen LogP contribution in [0, 0.1) is 0 Å². The van der Waals surface area contributed by atoms with Crippen LogP contribution in [0.4, 0.5) is 5.69 Å². The standard InChI is InChI=1S/C43H37NO11S/c1-49-33-25-23-32(24-26-33)44-43(50-2)56-42-37(55-41(48)31-21-13-6-14-22-31)36(54-40(47)30-19-11-5-12-20-30)35(53-39(46)29-17-9-4-10-18-29)34(52-42)27-51-38(45)28-15-7-3-8-16-28/h3-26,34-37,42H,27H2,1-2H3/t34-,35-,36+,37-,42+/m1/s1. The third kappa shape index (κ3) is 10.2. The molecule has 0 aromatic heterocycles. The van der Waals surface area contributed by atoms with Crippen molar-refractivity contribution in [2.45, 2.75) is 29.9 Å². The van der Waals surface area contributed by atoms with Gasteiger partial charge in [-0.05, 0) is 84.6 Å². The predicted octanol–water partition coefficient (Wildman–Crippen LogP) is 7.32. The summed E-state index contributed by atoms with van der Waals surface area (Å²) < 4.78 is 41.6. The first kappa shape index (κ1) is 39.3. The van der Waals surface area contributed by atoms with Crippen molar-refractivity contribution in [2.24, 2.45) is 4.99 Å². The highest BCUT2D eigenvalue weighted by atomic mass is 32.2. The van der Waals surface area contributed by atoms with Crippen molar-refractivity contribution in [1.82, 2.24) is 0 Å². The minimum absolute atomic E-state index is 0.0776. The molecule has 0 aliphatic carbocycles. The van der Waals surface area contributed by atoms with Crippen LogP contribution in [0.2, 0.25) is 0 Å². The third-order valence-corrected chi connectivity index (χ3v) is 9.49. The molecule has 1 saturated heterocycles. The van der Waals surface area contributed by atoms with Crippen molar-refractivity contribution in [2.75, 3.05) is 20.8 Å². The zero-order valence-corrected chi connectivity index (χ0v) is 31.1. The Balaban J connectivity index is 1.43. The first-order valence-corrected chi connectivity index (χ1v) is 18.3. The summed E-state index contributed by atoms with van der Waals surface area (Å²) in [4.78, 5) is 59.2. The summed E-state index contributed by atoms with van der Waals surface area (Å²) in [7, 11) is 2.95. The van der Waals surface area contributed by atoms with Crippen LogP contribution in [0.15, 0.2) is 151 Å². The van der Waals surface area contributed by atoms with E-state index in [2.05, 4.69) is 4.99 Å². The van der Waals surface area contributed by atoms with Gasteiger partial charge in [0.1, 0.15) is 18.5 Å². The third-order valence-electron chi connectivity index (χ3n) is 8.42. The summed E-state index contributed by atoms with van der Waals surface area (Å²) in [5.74, 6) is -2.44. The number of carbonyl (C=O) groups is 4. The van der Waals surface area contributed by atoms with Gasteiger partial charge in [0.2, 0.25) is 0 Å². The second kappa shape index (κ2) is 19.2. The number of rotatable bonds is 12. The number of thioether (sulfide) groups is 1. The Morgan fingerprint density at radius 3 is 1.43 bits per heavy atom. The van der Waals surface area contributed by atoms with Gasteiger partial charge >= 0.3 is 23.9 Å². The van der Waals surface area contributed by atoms with Crippen molar-refractivity contribution >= 4 is 46.6 Å². The Bertz CT molecular complexity index is 2100. The minimum Gasteiger partial charge on any atom is -0.497 e. The van der Waals surface area contributed by atoms with Crippen LogP contribution >= 0.6 is 11.8 Å². The molecule has 5 aromatic carbocycles. The minimum atomic E-state index is -1.52. The van der Waals surface area contributed by atoms with Gasteiger partial charge in [-0.2, -0.15) is 0 Å². The van der Waals surface area contributed by atoms with E-state index in [-0.39, 0.29) is 27.5 Å². The van der Waals surface area contributed by atoms with Crippen molar-refractivity contribution in [3.8, 4) is 5.75 Å². The number of nitrogens with zero attached hydrogens (tertiary/aromatic N) is 1. The number of hydrogen-bond acceptors (Lipinski definition) is 13. The quantitative estimate of drug-likeness (QED) is 0.0542. The average Bonchev–Trinajstić information content (AvgIpc) is 3.25. The fourth-order valence-corrected chi connectivity index (χ4v) is 6.60. The van der Waals surface area contributed by atoms with Crippen molar-refractivity contribution in [3.63, 3.8) is 0 Å². The van der Waals surface area contributed by atoms with Crippen molar-refractivity contribution in [1.29, 1.82) is 0 Å². The van der Waals surface area contributed by atoms with E-state index in [4.69, 9.17) is 33.2 Å². The normalized spacial score (nSPS) is 19.2. The molecule has 12 nitrogen and oxygen atoms in total. The molecule has 0 saturated carbocycles. The molecule has 0 unspecified atom stereocenters. The largest absolute Gasteiger partial charge is 0.497 e. The Labute approximate surface area is 327 Å². The summed E-state index contributed by atoms with van der Waals surface area (Å²) >= 11 is 0.919. The molecule has 0 N–H and O–H groups in total. The van der Waals surface area contributed by atoms with Gasteiger partial charge in [0.15, 0.2) is 23.7 Å². The molecule has 0 radical (unpaired) electrons. The molecule has 5 atom stereocenters. The molecule has 6 rings (SSSR count). The van der Waals surface area contributed by atoms with Crippen LogP contribution in [-0.4, -0.2) is 79.8 Å². The van der Waals surface area contributed by atoms with Gasteiger partial charge in [-0.25, -0.2) is 24.2 Å². The Hall–Kier alpha value is -6.44. The first-order chi connectivity index (χ1) is 27.3. The second-order valence-electron chi connectivity index (χ2n) is 12.1. The maximum Gasteiger partial charge on any atom is 0.338 e. The lowest BCUT2D eigenvalue weighted by molar-refractivity contribution is -0.207. The van der Waals surface area contributed by atoms with Gasteiger partial charge in [-0.15, -0.1) is 0 Å². The van der Waals surface area contributed by atoms with Gasteiger partial charge in [-0.1, -0.05) is 72.8 Å². The summed E-state index contributed by atoms with van der Waals surface area (Å²) in [5.41, 5.74) is 0.0830. The Morgan fingerprint density at radius 1 is 0.554 bits per heavy atom. The van der Waals surface area contributed by atoms with E-state index in [1.807, 2.05) is 0 Å². The highest BCUT2D eigenvalue weighted by molar-refractivity contribution is 8.14. The Morgan fingerprint density at radius 2 is 0.982 bits per heavy atom. The van der Waals surface area contributed by atoms with Crippen LogP contribution < -0.4 is 4.74 Å². The van der Waals surface area contributed by atoms with Crippen molar-refractivity contribution < 1.29 is 52.3 Å². The number of methoxy groups -OCH3 is 2. The van der Waals surface area contributed by atoms with Crippen LogP contribution in [0.1, 0.15) is 41.4 Å². The van der Waals surface area contributed by atoms with Crippen LogP contribution in [0.5, 0.6) is 5.75 Å². The maximum absolute atomic E-state index is 13.9. The van der Waals surface area contributed by atoms with E-state index < -0.39 is 60.3 Å². The highest BCUT2D eigenvalue weighted by Gasteiger charge is 2.54. The molecule has 56 heavy (non-hydrogen) atoms. The molecule has 0 spiro atoms. The molecule has 286 valence electrons. The highest BCUT2D eigenvalue weighted by Crippen LogP contribution is 2.37. The van der Waals surface area contributed by atoms with Crippen LogP contribution in [0.25, 0.3) is 0 Å². The van der Waals surface area contributed by atoms with Gasteiger partial charge < -0.3 is 33.2 Å². The SMILES string of the molecule is COC(=Nc1ccc(OC)cc1)S[C@@H]1O[C@H](COC(=O)c2ccccc2)[C@@H](OC(=O)c2ccccc2)[C@H](OC(=O)c2ccccc2)[C@H]1OC(=O)c1ccccc1. The topological polar surface area (TPSA) is 145 Å². The zero-order valence-electron chi connectivity index (χ0n) is 30.3. The van der Waals surface area contributed by atoms with E-state index in [9.17, 15) is 19.2 Å². The van der Waals surface area contributed by atoms with Gasteiger partial charge in [0, 0.05) is 0 Å². The fraction of sp³-hybridized carbons (Fsp3) is 0.186. The molecule has 0 bridgehead atoms. The number of esters is 4. The molecule has 5 aromatic rings. The number of carbonyl (C=O) groups excluding carboxylic acids is 4. The Kier molecular flexibility index (Phi) is 13.5. The number of ether oxygens (including phenoxy) is 7. The smallest absolute Gasteiger partial charge is 0.338 e. The van der Waals surface area contributed by atoms with Crippen LogP contribution in [0.3, 0.4) is 0 Å². The lowest BCUT2D eigenvalue weighted by Crippen LogP contribution is -2.62. The molecule has 13 heteroatoms. The molecular formula is C43H37NO11S. The van der Waals surface area contributed by atoms with Gasteiger partial charge in [0.25, 0.3) is 5.23 Å². The van der Waals surface area contributed by atoms with E-state index >= 15 is 0 Å². The summed E-state index contributed by atoms with van der Waals surface area (Å²) in [6.45, 7) is -0.464. The average molecular weight is 776 g/mol. The lowest BCUT2D eigenvalue weighted by atomic mass is 9.98.